The Kier molecular flexibility index (Phi) is 9.27. The number of rotatable bonds is 8. The summed E-state index contributed by atoms with van der Waals surface area (Å²) in [5, 5.41) is 3.41. The Labute approximate surface area is 244 Å². The third-order valence-electron chi connectivity index (χ3n) is 9.15. The minimum absolute atomic E-state index is 0.0450. The highest BCUT2D eigenvalue weighted by atomic mass is 32.2. The van der Waals surface area contributed by atoms with Gasteiger partial charge in [0.1, 0.15) is 17.8 Å². The summed E-state index contributed by atoms with van der Waals surface area (Å²) >= 11 is 0. The molecule has 0 radical (unpaired) electrons. The first kappa shape index (κ1) is 29.9. The van der Waals surface area contributed by atoms with E-state index in [1.807, 2.05) is 11.8 Å². The van der Waals surface area contributed by atoms with Crippen LogP contribution < -0.4 is 5.32 Å². The molecule has 224 valence electrons. The van der Waals surface area contributed by atoms with Crippen molar-refractivity contribution in [1.82, 2.24) is 24.1 Å². The van der Waals surface area contributed by atoms with E-state index in [1.54, 1.807) is 7.05 Å². The molecule has 2 aromatic rings. The quantitative estimate of drug-likeness (QED) is 0.503. The molecule has 2 atom stereocenters. The number of aryl methyl sites for hydroxylation is 1. The number of piperidine rings is 2. The van der Waals surface area contributed by atoms with E-state index in [-0.39, 0.29) is 24.2 Å². The molecule has 3 fully saturated rings. The summed E-state index contributed by atoms with van der Waals surface area (Å²) in [5.74, 6) is 0.638. The lowest BCUT2D eigenvalue weighted by atomic mass is 9.97. The molecule has 1 aromatic carbocycles. The van der Waals surface area contributed by atoms with E-state index in [9.17, 15) is 13.2 Å². The maximum atomic E-state index is 13.5. The van der Waals surface area contributed by atoms with Gasteiger partial charge in [0, 0.05) is 44.3 Å². The number of hydrogen-bond donors (Lipinski definition) is 1. The number of amides is 1. The third kappa shape index (κ3) is 7.07. The summed E-state index contributed by atoms with van der Waals surface area (Å²) in [5.41, 5.74) is 3.69. The summed E-state index contributed by atoms with van der Waals surface area (Å²) in [4.78, 5) is 26.6. The minimum atomic E-state index is -3.17. The van der Waals surface area contributed by atoms with Crippen LogP contribution in [0.3, 0.4) is 0 Å². The lowest BCUT2D eigenvalue weighted by Gasteiger charge is -2.43. The molecule has 1 amide bonds. The zero-order valence-corrected chi connectivity index (χ0v) is 25.6. The molecule has 0 saturated carbocycles. The average Bonchev–Trinajstić information content (AvgIpc) is 3.45. The molecule has 3 saturated heterocycles. The predicted molar refractivity (Wildman–Crippen MR) is 159 cm³/mol. The maximum Gasteiger partial charge on any atom is 0.272 e. The Morgan fingerprint density at radius 2 is 1.68 bits per heavy atom. The van der Waals surface area contributed by atoms with Crippen LogP contribution in [0.4, 0.5) is 5.82 Å². The number of carbonyl (C=O) groups is 1. The summed E-state index contributed by atoms with van der Waals surface area (Å²) in [7, 11) is -1.49. The van der Waals surface area contributed by atoms with Crippen LogP contribution in [0.2, 0.25) is 0 Å². The lowest BCUT2D eigenvalue weighted by molar-refractivity contribution is 0.0521. The Hall–Kier alpha value is -2.60. The van der Waals surface area contributed by atoms with Gasteiger partial charge in [0.2, 0.25) is 10.0 Å². The largest absolute Gasteiger partial charge is 0.368 e. The highest BCUT2D eigenvalue weighted by Crippen LogP contribution is 2.33. The fourth-order valence-electron chi connectivity index (χ4n) is 6.41. The Morgan fingerprint density at radius 1 is 1.00 bits per heavy atom. The van der Waals surface area contributed by atoms with Gasteiger partial charge in [-0.25, -0.2) is 22.7 Å². The van der Waals surface area contributed by atoms with Crippen LogP contribution in [0.1, 0.15) is 71.8 Å². The third-order valence-corrected chi connectivity index (χ3v) is 10.5. The molecule has 41 heavy (non-hydrogen) atoms. The van der Waals surface area contributed by atoms with Crippen molar-refractivity contribution in [3.63, 3.8) is 0 Å². The maximum absolute atomic E-state index is 13.5. The van der Waals surface area contributed by atoms with Crippen molar-refractivity contribution in [3.05, 3.63) is 53.0 Å². The normalized spacial score (nSPS) is 23.3. The van der Waals surface area contributed by atoms with Crippen LogP contribution in [0.15, 0.2) is 30.6 Å². The zero-order valence-electron chi connectivity index (χ0n) is 24.8. The molecule has 5 rings (SSSR count). The molecule has 1 N–H and O–H groups in total. The van der Waals surface area contributed by atoms with Crippen molar-refractivity contribution >= 4 is 21.7 Å². The van der Waals surface area contributed by atoms with Gasteiger partial charge in [-0.15, -0.1) is 0 Å². The second-order valence-corrected chi connectivity index (χ2v) is 13.9. The highest BCUT2D eigenvalue weighted by Gasteiger charge is 2.33. The first-order chi connectivity index (χ1) is 19.6. The van der Waals surface area contributed by atoms with Crippen molar-refractivity contribution in [1.29, 1.82) is 0 Å². The van der Waals surface area contributed by atoms with Crippen LogP contribution in [0.5, 0.6) is 0 Å². The molecule has 0 bridgehead atoms. The van der Waals surface area contributed by atoms with E-state index in [2.05, 4.69) is 51.4 Å². The molecular formula is C30H44N6O4S. The minimum Gasteiger partial charge on any atom is -0.368 e. The van der Waals surface area contributed by atoms with Crippen LogP contribution in [-0.4, -0.2) is 103 Å². The van der Waals surface area contributed by atoms with E-state index >= 15 is 0 Å². The Bertz CT molecular complexity index is 1300. The average molecular weight is 585 g/mol. The van der Waals surface area contributed by atoms with E-state index in [0.29, 0.717) is 37.2 Å². The Morgan fingerprint density at radius 3 is 2.34 bits per heavy atom. The summed E-state index contributed by atoms with van der Waals surface area (Å²) < 4.78 is 31.6. The number of sulfonamides is 1. The molecule has 0 unspecified atom stereocenters. The Balaban J connectivity index is 1.10. The van der Waals surface area contributed by atoms with Crippen LogP contribution in [0, 0.1) is 13.8 Å². The second kappa shape index (κ2) is 12.7. The number of nitrogens with zero attached hydrogens (tertiary/aromatic N) is 5. The summed E-state index contributed by atoms with van der Waals surface area (Å²) in [6.45, 7) is 7.79. The van der Waals surface area contributed by atoms with Crippen molar-refractivity contribution in [2.75, 3.05) is 51.3 Å². The second-order valence-electron chi connectivity index (χ2n) is 11.9. The van der Waals surface area contributed by atoms with Gasteiger partial charge in [-0.05, 0) is 71.0 Å². The molecule has 3 aliphatic heterocycles. The monoisotopic (exact) mass is 584 g/mol. The summed E-state index contributed by atoms with van der Waals surface area (Å²) in [6.07, 6.45) is 8.43. The molecule has 10 nitrogen and oxygen atoms in total. The fraction of sp³-hybridized carbons (Fsp3) is 0.633. The number of likely N-dealkylation sites (tertiary alicyclic amines) is 2. The van der Waals surface area contributed by atoms with Crippen molar-refractivity contribution in [2.24, 2.45) is 0 Å². The number of carbonyl (C=O) groups excluding carboxylic acids is 1. The van der Waals surface area contributed by atoms with Crippen LogP contribution >= 0.6 is 0 Å². The van der Waals surface area contributed by atoms with Gasteiger partial charge < -0.3 is 19.9 Å². The lowest BCUT2D eigenvalue weighted by Crippen LogP contribution is -2.52. The highest BCUT2D eigenvalue weighted by molar-refractivity contribution is 7.88. The molecule has 1 aromatic heterocycles. The molecule has 4 heterocycles. The number of nitrogens with one attached hydrogen (secondary N) is 1. The van der Waals surface area contributed by atoms with Gasteiger partial charge in [-0.1, -0.05) is 29.8 Å². The van der Waals surface area contributed by atoms with E-state index < -0.39 is 10.0 Å². The molecule has 0 spiro atoms. The number of aromatic nitrogens is 2. The van der Waals surface area contributed by atoms with Gasteiger partial charge in [-0.2, -0.15) is 0 Å². The van der Waals surface area contributed by atoms with E-state index in [1.165, 1.54) is 28.0 Å². The number of hydrogen-bond acceptors (Lipinski definition) is 8. The van der Waals surface area contributed by atoms with Gasteiger partial charge in [0.25, 0.3) is 5.91 Å². The molecular weight excluding hydrogens is 540 g/mol. The van der Waals surface area contributed by atoms with Gasteiger partial charge in [0.05, 0.1) is 18.5 Å². The van der Waals surface area contributed by atoms with Crippen LogP contribution in [-0.2, 0) is 14.8 Å². The van der Waals surface area contributed by atoms with Gasteiger partial charge >= 0.3 is 0 Å². The van der Waals surface area contributed by atoms with Crippen LogP contribution in [0.25, 0.3) is 0 Å². The first-order valence-electron chi connectivity index (χ1n) is 14.8. The summed E-state index contributed by atoms with van der Waals surface area (Å²) in [6, 6.07) is 9.03. The SMILES string of the molecule is Cc1ccc([C@H]2CC[C@@H](CNc3ncnc(C(=O)N4CCC(N5CCC(N(C)S(C)(=O)=O)CC5)CC4)c3C)O2)cc1. The molecule has 11 heteroatoms. The topological polar surface area (TPSA) is 108 Å². The standard InChI is InChI=1S/C30H44N6O4S/c1-21-5-7-23(8-6-21)27-10-9-26(40-27)19-31-29-22(2)28(32-20-33-29)30(37)36-17-13-25(14-18-36)35-15-11-24(12-16-35)34(3)41(4,38)39/h5-8,20,24-27H,9-19H2,1-4H3,(H,31,32,33)/t26-,27+/m0/s1. The van der Waals surface area contributed by atoms with Crippen molar-refractivity contribution < 1.29 is 17.9 Å². The van der Waals surface area contributed by atoms with Gasteiger partial charge in [0.15, 0.2) is 0 Å². The van der Waals surface area contributed by atoms with Crippen molar-refractivity contribution in [2.45, 2.75) is 76.7 Å². The first-order valence-corrected chi connectivity index (χ1v) is 16.7. The predicted octanol–water partition coefficient (Wildman–Crippen LogP) is 3.39. The smallest absolute Gasteiger partial charge is 0.272 e. The van der Waals surface area contributed by atoms with Gasteiger partial charge in [-0.3, -0.25) is 4.79 Å². The fourth-order valence-corrected chi connectivity index (χ4v) is 7.16. The number of ether oxygens (including phenoxy) is 1. The number of anilines is 1. The van der Waals surface area contributed by atoms with E-state index in [0.717, 1.165) is 57.2 Å². The van der Waals surface area contributed by atoms with E-state index in [4.69, 9.17) is 4.74 Å². The van der Waals surface area contributed by atoms with Crippen molar-refractivity contribution in [3.8, 4) is 0 Å². The molecule has 3 aliphatic rings. The number of benzene rings is 1. The zero-order chi connectivity index (χ0) is 29.1. The molecule has 0 aliphatic carbocycles.